The summed E-state index contributed by atoms with van der Waals surface area (Å²) in [7, 11) is 0. The van der Waals surface area contributed by atoms with Crippen molar-refractivity contribution in [1.29, 1.82) is 0 Å². The van der Waals surface area contributed by atoms with Crippen molar-refractivity contribution in [3.8, 4) is 0 Å². The van der Waals surface area contributed by atoms with Crippen LogP contribution in [0.1, 0.15) is 0 Å². The number of non-ortho nitro benzene ring substituents is 1. The molecular weight excluding hydrogens is 455 g/mol. The standard InChI is InChI=1S/C22H18Cl2N4O4/c23-18-12-15(28(30)31)13-19(24)22(18)26-25-14-5-6-21-17(11-14)16-3-1-2-4-20(16)27(21)7-9-32-10-8-29/h1-6,11-13,29H,7-10H2. The number of nitro benzene ring substituents is 1. The zero-order chi connectivity index (χ0) is 22.7. The van der Waals surface area contributed by atoms with Gasteiger partial charge in [0.25, 0.3) is 5.69 Å². The minimum atomic E-state index is -0.572. The molecule has 0 radical (unpaired) electrons. The number of hydrogen-bond donors (Lipinski definition) is 1. The largest absolute Gasteiger partial charge is 0.394 e. The maximum atomic E-state index is 10.9. The Morgan fingerprint density at radius 3 is 2.41 bits per heavy atom. The second-order valence-electron chi connectivity index (χ2n) is 6.92. The predicted molar refractivity (Wildman–Crippen MR) is 125 cm³/mol. The second kappa shape index (κ2) is 9.62. The van der Waals surface area contributed by atoms with E-state index in [2.05, 4.69) is 14.8 Å². The van der Waals surface area contributed by atoms with Crippen LogP contribution in [0.3, 0.4) is 0 Å². The Kier molecular flexibility index (Phi) is 6.66. The smallest absolute Gasteiger partial charge is 0.272 e. The van der Waals surface area contributed by atoms with Gasteiger partial charge in [0.1, 0.15) is 5.69 Å². The summed E-state index contributed by atoms with van der Waals surface area (Å²) in [4.78, 5) is 10.4. The van der Waals surface area contributed by atoms with Gasteiger partial charge in [-0.15, -0.1) is 5.11 Å². The summed E-state index contributed by atoms with van der Waals surface area (Å²) in [5.74, 6) is 0. The van der Waals surface area contributed by atoms with Crippen molar-refractivity contribution in [3.63, 3.8) is 0 Å². The molecule has 0 spiro atoms. The number of benzene rings is 3. The van der Waals surface area contributed by atoms with Crippen LogP contribution in [0.5, 0.6) is 0 Å². The lowest BCUT2D eigenvalue weighted by molar-refractivity contribution is -0.384. The number of nitro groups is 1. The molecule has 1 N–H and O–H groups in total. The molecule has 0 aliphatic heterocycles. The van der Waals surface area contributed by atoms with Crippen molar-refractivity contribution in [2.75, 3.05) is 19.8 Å². The van der Waals surface area contributed by atoms with Gasteiger partial charge in [0.05, 0.1) is 40.5 Å². The van der Waals surface area contributed by atoms with Crippen molar-refractivity contribution in [1.82, 2.24) is 4.57 Å². The molecule has 0 bridgehead atoms. The first-order chi connectivity index (χ1) is 15.5. The Balaban J connectivity index is 1.70. The summed E-state index contributed by atoms with van der Waals surface area (Å²) in [5, 5.41) is 30.4. The normalized spacial score (nSPS) is 11.7. The van der Waals surface area contributed by atoms with Crippen LogP contribution in [0.15, 0.2) is 64.8 Å². The molecular formula is C22H18Cl2N4O4. The molecule has 4 rings (SSSR count). The first-order valence-electron chi connectivity index (χ1n) is 9.74. The molecule has 0 aliphatic rings. The maximum absolute atomic E-state index is 10.9. The molecule has 1 heterocycles. The van der Waals surface area contributed by atoms with Gasteiger partial charge in [-0.05, 0) is 24.3 Å². The molecule has 0 amide bonds. The number of azo groups is 1. The minimum Gasteiger partial charge on any atom is -0.394 e. The molecule has 0 unspecified atom stereocenters. The van der Waals surface area contributed by atoms with Crippen LogP contribution in [-0.2, 0) is 11.3 Å². The molecule has 4 aromatic rings. The van der Waals surface area contributed by atoms with Gasteiger partial charge in [0.2, 0.25) is 0 Å². The highest BCUT2D eigenvalue weighted by Gasteiger charge is 2.15. The SMILES string of the molecule is O=[N+]([O-])c1cc(Cl)c(N=Nc2ccc3c(c2)c2ccccc2n3CCOCCO)c(Cl)c1. The van der Waals surface area contributed by atoms with Crippen LogP contribution < -0.4 is 0 Å². The van der Waals surface area contributed by atoms with Crippen molar-refractivity contribution in [2.24, 2.45) is 10.2 Å². The van der Waals surface area contributed by atoms with Crippen LogP contribution in [0, 0.1) is 10.1 Å². The van der Waals surface area contributed by atoms with Crippen molar-refractivity contribution in [2.45, 2.75) is 6.54 Å². The van der Waals surface area contributed by atoms with E-state index in [-0.39, 0.29) is 28.0 Å². The number of halogens is 2. The molecule has 0 saturated heterocycles. The Bertz CT molecular complexity index is 1310. The molecule has 3 aromatic carbocycles. The Hall–Kier alpha value is -3.04. The van der Waals surface area contributed by atoms with E-state index in [1.807, 2.05) is 42.5 Å². The third-order valence-electron chi connectivity index (χ3n) is 4.93. The van der Waals surface area contributed by atoms with Crippen LogP contribution in [-0.4, -0.2) is 34.4 Å². The van der Waals surface area contributed by atoms with E-state index < -0.39 is 4.92 Å². The van der Waals surface area contributed by atoms with E-state index in [0.29, 0.717) is 25.4 Å². The Morgan fingerprint density at radius 1 is 0.969 bits per heavy atom. The van der Waals surface area contributed by atoms with E-state index in [0.717, 1.165) is 21.8 Å². The van der Waals surface area contributed by atoms with Crippen molar-refractivity contribution in [3.05, 3.63) is 74.8 Å². The first kappa shape index (κ1) is 22.2. The Labute approximate surface area is 192 Å². The number of nitrogens with zero attached hydrogens (tertiary/aromatic N) is 4. The van der Waals surface area contributed by atoms with E-state index in [1.54, 1.807) is 0 Å². The van der Waals surface area contributed by atoms with Crippen LogP contribution in [0.25, 0.3) is 21.8 Å². The fraction of sp³-hybridized carbons (Fsp3) is 0.182. The maximum Gasteiger partial charge on any atom is 0.272 e. The quantitative estimate of drug-likeness (QED) is 0.138. The zero-order valence-corrected chi connectivity index (χ0v) is 18.3. The number of aromatic nitrogens is 1. The zero-order valence-electron chi connectivity index (χ0n) is 16.7. The van der Waals surface area contributed by atoms with Gasteiger partial charge in [-0.3, -0.25) is 10.1 Å². The predicted octanol–water partition coefficient (Wildman–Crippen LogP) is 6.43. The number of para-hydroxylation sites is 1. The second-order valence-corrected chi connectivity index (χ2v) is 7.74. The van der Waals surface area contributed by atoms with E-state index in [9.17, 15) is 10.1 Å². The van der Waals surface area contributed by atoms with Crippen LogP contribution >= 0.6 is 23.2 Å². The van der Waals surface area contributed by atoms with Gasteiger partial charge in [0, 0.05) is 40.5 Å². The molecule has 1 aromatic heterocycles. The molecule has 0 aliphatic carbocycles. The van der Waals surface area contributed by atoms with Crippen molar-refractivity contribution >= 4 is 62.1 Å². The number of fused-ring (bicyclic) bond motifs is 3. The van der Waals surface area contributed by atoms with Gasteiger partial charge in [0.15, 0.2) is 0 Å². The monoisotopic (exact) mass is 472 g/mol. The van der Waals surface area contributed by atoms with E-state index in [1.165, 1.54) is 12.1 Å². The number of aliphatic hydroxyl groups excluding tert-OH is 1. The minimum absolute atomic E-state index is 0.00959. The molecule has 0 atom stereocenters. The number of hydrogen-bond acceptors (Lipinski definition) is 6. The van der Waals surface area contributed by atoms with Gasteiger partial charge in [-0.1, -0.05) is 41.4 Å². The van der Waals surface area contributed by atoms with Gasteiger partial charge in [-0.25, -0.2) is 0 Å². The van der Waals surface area contributed by atoms with Gasteiger partial charge in [-0.2, -0.15) is 5.11 Å². The summed E-state index contributed by atoms with van der Waals surface area (Å²) in [6.07, 6.45) is 0. The van der Waals surface area contributed by atoms with E-state index in [4.69, 9.17) is 33.0 Å². The fourth-order valence-electron chi connectivity index (χ4n) is 3.53. The number of aliphatic hydroxyl groups is 1. The average Bonchev–Trinajstić information content (AvgIpc) is 3.09. The number of rotatable bonds is 8. The average molecular weight is 473 g/mol. The Morgan fingerprint density at radius 2 is 1.69 bits per heavy atom. The van der Waals surface area contributed by atoms with E-state index >= 15 is 0 Å². The summed E-state index contributed by atoms with van der Waals surface area (Å²) in [6, 6.07) is 16.1. The summed E-state index contributed by atoms with van der Waals surface area (Å²) < 4.78 is 7.60. The van der Waals surface area contributed by atoms with Crippen LogP contribution in [0.2, 0.25) is 10.0 Å². The lowest BCUT2D eigenvalue weighted by atomic mass is 10.1. The highest BCUT2D eigenvalue weighted by molar-refractivity contribution is 6.39. The third-order valence-corrected chi connectivity index (χ3v) is 5.50. The molecule has 8 nitrogen and oxygen atoms in total. The lowest BCUT2D eigenvalue weighted by Crippen LogP contribution is -2.08. The van der Waals surface area contributed by atoms with Gasteiger partial charge >= 0.3 is 0 Å². The van der Waals surface area contributed by atoms with Crippen LogP contribution in [0.4, 0.5) is 17.1 Å². The molecule has 0 saturated carbocycles. The fourth-order valence-corrected chi connectivity index (χ4v) is 4.08. The van der Waals surface area contributed by atoms with Crippen molar-refractivity contribution < 1.29 is 14.8 Å². The highest BCUT2D eigenvalue weighted by Crippen LogP contribution is 2.38. The molecule has 32 heavy (non-hydrogen) atoms. The summed E-state index contributed by atoms with van der Waals surface area (Å²) >= 11 is 12.2. The topological polar surface area (TPSA) is 102 Å². The van der Waals surface area contributed by atoms with Gasteiger partial charge < -0.3 is 14.4 Å². The molecule has 164 valence electrons. The number of ether oxygens (including phenoxy) is 1. The third kappa shape index (κ3) is 4.44. The highest BCUT2D eigenvalue weighted by atomic mass is 35.5. The summed E-state index contributed by atoms with van der Waals surface area (Å²) in [5.41, 5.74) is 2.62. The lowest BCUT2D eigenvalue weighted by Gasteiger charge is -2.08. The molecule has 10 heteroatoms. The summed E-state index contributed by atoms with van der Waals surface area (Å²) in [6.45, 7) is 1.41. The molecule has 0 fully saturated rings. The first-order valence-corrected chi connectivity index (χ1v) is 10.5.